The minimum absolute atomic E-state index is 0.742. The number of rotatable bonds is 3. The summed E-state index contributed by atoms with van der Waals surface area (Å²) in [6.07, 6.45) is 0. The summed E-state index contributed by atoms with van der Waals surface area (Å²) in [5, 5.41) is 5.40. The molecule has 0 saturated heterocycles. The molecule has 0 saturated carbocycles. The second-order valence-corrected chi connectivity index (χ2v) is 5.24. The van der Waals surface area contributed by atoms with Crippen molar-refractivity contribution in [2.24, 2.45) is 0 Å². The van der Waals surface area contributed by atoms with Crippen LogP contribution in [0.5, 0.6) is 0 Å². The third-order valence-electron chi connectivity index (χ3n) is 2.89. The van der Waals surface area contributed by atoms with Gasteiger partial charge in [0.1, 0.15) is 0 Å². The lowest BCUT2D eigenvalue weighted by Crippen LogP contribution is -1.99. The molecule has 0 unspecified atom stereocenters. The Labute approximate surface area is 109 Å². The Hall–Kier alpha value is -2.01. The lowest BCUT2D eigenvalue weighted by Gasteiger charge is -2.01. The number of imidazole rings is 1. The first-order valence-corrected chi connectivity index (χ1v) is 6.62. The van der Waals surface area contributed by atoms with E-state index in [0.717, 1.165) is 29.2 Å². The van der Waals surface area contributed by atoms with E-state index >= 15 is 0 Å². The summed E-state index contributed by atoms with van der Waals surface area (Å²) >= 11 is 1.75. The van der Waals surface area contributed by atoms with Crippen LogP contribution in [-0.4, -0.2) is 9.97 Å². The summed E-state index contributed by atoms with van der Waals surface area (Å²) in [6, 6.07) is 7.80. The summed E-state index contributed by atoms with van der Waals surface area (Å²) < 4.78 is 0. The predicted molar refractivity (Wildman–Crippen MR) is 76.9 cm³/mol. The highest BCUT2D eigenvalue weighted by Crippen LogP contribution is 2.19. The van der Waals surface area contributed by atoms with Gasteiger partial charge in [0.2, 0.25) is 5.95 Å². The molecule has 18 heavy (non-hydrogen) atoms. The van der Waals surface area contributed by atoms with E-state index in [9.17, 15) is 0 Å². The van der Waals surface area contributed by atoms with Crippen LogP contribution in [0, 0.1) is 6.92 Å². The molecule has 0 fully saturated rings. The molecule has 0 atom stereocenters. The smallest absolute Gasteiger partial charge is 0.201 e. The minimum Gasteiger partial charge on any atom is -0.399 e. The van der Waals surface area contributed by atoms with E-state index < -0.39 is 0 Å². The van der Waals surface area contributed by atoms with Crippen molar-refractivity contribution in [3.8, 4) is 0 Å². The van der Waals surface area contributed by atoms with Crippen LogP contribution in [0.25, 0.3) is 11.0 Å². The molecule has 3 rings (SSSR count). The number of nitrogens with zero attached hydrogens (tertiary/aromatic N) is 1. The maximum absolute atomic E-state index is 5.74. The van der Waals surface area contributed by atoms with Crippen molar-refractivity contribution in [1.29, 1.82) is 0 Å². The fourth-order valence-electron chi connectivity index (χ4n) is 1.86. The lowest BCUT2D eigenvalue weighted by molar-refractivity contribution is 1.11. The summed E-state index contributed by atoms with van der Waals surface area (Å²) in [6.45, 7) is 2.91. The molecule has 2 aromatic heterocycles. The van der Waals surface area contributed by atoms with Gasteiger partial charge in [0.25, 0.3) is 0 Å². The topological polar surface area (TPSA) is 66.7 Å². The summed E-state index contributed by atoms with van der Waals surface area (Å²) in [5.74, 6) is 0.781. The third kappa shape index (κ3) is 2.04. The zero-order valence-electron chi connectivity index (χ0n) is 10.0. The molecule has 0 aliphatic rings. The van der Waals surface area contributed by atoms with Gasteiger partial charge in [-0.3, -0.25) is 0 Å². The maximum Gasteiger partial charge on any atom is 0.201 e. The van der Waals surface area contributed by atoms with E-state index in [4.69, 9.17) is 5.73 Å². The molecule has 4 nitrogen and oxygen atoms in total. The van der Waals surface area contributed by atoms with Gasteiger partial charge in [0.15, 0.2) is 0 Å². The van der Waals surface area contributed by atoms with Crippen LogP contribution < -0.4 is 11.1 Å². The number of benzene rings is 1. The molecule has 0 bridgehead atoms. The van der Waals surface area contributed by atoms with E-state index in [2.05, 4.69) is 33.7 Å². The quantitative estimate of drug-likeness (QED) is 0.632. The van der Waals surface area contributed by atoms with Gasteiger partial charge in [-0.15, -0.1) is 11.3 Å². The van der Waals surface area contributed by atoms with E-state index in [0.29, 0.717) is 0 Å². The SMILES string of the molecule is Cc1ccsc1CNc1nc2ccc(N)cc2[nH]1. The number of H-pyrrole nitrogens is 1. The Balaban J connectivity index is 1.81. The number of fused-ring (bicyclic) bond motifs is 1. The molecular formula is C13H14N4S. The fraction of sp³-hybridized carbons (Fsp3) is 0.154. The van der Waals surface area contributed by atoms with Crippen molar-refractivity contribution in [3.05, 3.63) is 40.1 Å². The van der Waals surface area contributed by atoms with Gasteiger partial charge in [-0.25, -0.2) is 4.98 Å². The van der Waals surface area contributed by atoms with Crippen LogP contribution in [0.1, 0.15) is 10.4 Å². The van der Waals surface area contributed by atoms with Crippen LogP contribution in [0.15, 0.2) is 29.6 Å². The van der Waals surface area contributed by atoms with Gasteiger partial charge >= 0.3 is 0 Å². The molecule has 0 radical (unpaired) electrons. The number of nitrogens with two attached hydrogens (primary N) is 1. The molecule has 3 aromatic rings. The average molecular weight is 258 g/mol. The van der Waals surface area contributed by atoms with Crippen molar-refractivity contribution in [3.63, 3.8) is 0 Å². The molecule has 4 N–H and O–H groups in total. The van der Waals surface area contributed by atoms with Crippen molar-refractivity contribution < 1.29 is 0 Å². The number of nitrogens with one attached hydrogen (secondary N) is 2. The van der Waals surface area contributed by atoms with Gasteiger partial charge in [-0.05, 0) is 42.1 Å². The van der Waals surface area contributed by atoms with Crippen LogP contribution in [0.4, 0.5) is 11.6 Å². The molecule has 0 aliphatic carbocycles. The minimum atomic E-state index is 0.742. The number of aromatic amines is 1. The van der Waals surface area contributed by atoms with Crippen LogP contribution in [0.3, 0.4) is 0 Å². The van der Waals surface area contributed by atoms with E-state index in [1.165, 1.54) is 10.4 Å². The molecule has 92 valence electrons. The van der Waals surface area contributed by atoms with Gasteiger partial charge < -0.3 is 16.0 Å². The van der Waals surface area contributed by atoms with Gasteiger partial charge in [-0.2, -0.15) is 0 Å². The Bertz CT molecular complexity index is 683. The summed E-state index contributed by atoms with van der Waals surface area (Å²) in [7, 11) is 0. The highest BCUT2D eigenvalue weighted by atomic mass is 32.1. The second kappa shape index (κ2) is 4.34. The molecular weight excluding hydrogens is 244 g/mol. The maximum atomic E-state index is 5.74. The Kier molecular flexibility index (Phi) is 2.68. The highest BCUT2D eigenvalue weighted by Gasteiger charge is 2.04. The monoisotopic (exact) mass is 258 g/mol. The third-order valence-corrected chi connectivity index (χ3v) is 3.91. The number of hydrogen-bond donors (Lipinski definition) is 3. The number of anilines is 2. The Morgan fingerprint density at radius 3 is 3.06 bits per heavy atom. The van der Waals surface area contributed by atoms with Crippen LogP contribution in [-0.2, 0) is 6.54 Å². The van der Waals surface area contributed by atoms with Crippen molar-refractivity contribution in [2.75, 3.05) is 11.1 Å². The number of aromatic nitrogens is 2. The Morgan fingerprint density at radius 2 is 2.28 bits per heavy atom. The van der Waals surface area contributed by atoms with Crippen molar-refractivity contribution in [1.82, 2.24) is 9.97 Å². The van der Waals surface area contributed by atoms with Crippen molar-refractivity contribution in [2.45, 2.75) is 13.5 Å². The van der Waals surface area contributed by atoms with Crippen LogP contribution in [0.2, 0.25) is 0 Å². The molecule has 0 spiro atoms. The molecule has 0 amide bonds. The summed E-state index contributed by atoms with van der Waals surface area (Å²) in [5.41, 5.74) is 9.68. The number of nitrogen functional groups attached to an aromatic ring is 1. The van der Waals surface area contributed by atoms with E-state index in [-0.39, 0.29) is 0 Å². The van der Waals surface area contributed by atoms with E-state index in [1.807, 2.05) is 18.2 Å². The Morgan fingerprint density at radius 1 is 1.39 bits per heavy atom. The molecule has 2 heterocycles. The molecule has 1 aromatic carbocycles. The zero-order chi connectivity index (χ0) is 12.5. The largest absolute Gasteiger partial charge is 0.399 e. The standard InChI is InChI=1S/C13H14N4S/c1-8-4-5-18-12(8)7-15-13-16-10-3-2-9(14)6-11(10)17-13/h2-6H,7,14H2,1H3,(H2,15,16,17). The molecule has 0 aliphatic heterocycles. The van der Waals surface area contributed by atoms with Crippen molar-refractivity contribution >= 4 is 34.0 Å². The van der Waals surface area contributed by atoms with Gasteiger partial charge in [0, 0.05) is 10.6 Å². The summed E-state index contributed by atoms with van der Waals surface area (Å²) in [4.78, 5) is 9.01. The number of hydrogen-bond acceptors (Lipinski definition) is 4. The number of aryl methyl sites for hydroxylation is 1. The first-order chi connectivity index (χ1) is 8.72. The first kappa shape index (κ1) is 11.1. The zero-order valence-corrected chi connectivity index (χ0v) is 10.8. The van der Waals surface area contributed by atoms with E-state index in [1.54, 1.807) is 11.3 Å². The molecule has 5 heteroatoms. The second-order valence-electron chi connectivity index (χ2n) is 4.24. The first-order valence-electron chi connectivity index (χ1n) is 5.74. The highest BCUT2D eigenvalue weighted by molar-refractivity contribution is 7.10. The fourth-order valence-corrected chi connectivity index (χ4v) is 2.71. The average Bonchev–Trinajstić information content (AvgIpc) is 2.92. The normalized spacial score (nSPS) is 10.9. The van der Waals surface area contributed by atoms with Crippen LogP contribution >= 0.6 is 11.3 Å². The number of thiophene rings is 1. The van der Waals surface area contributed by atoms with Gasteiger partial charge in [-0.1, -0.05) is 0 Å². The lowest BCUT2D eigenvalue weighted by atomic mass is 10.3. The van der Waals surface area contributed by atoms with Gasteiger partial charge in [0.05, 0.1) is 17.6 Å². The predicted octanol–water partition coefficient (Wildman–Crippen LogP) is 3.13.